The topological polar surface area (TPSA) is 67.4 Å². The molecule has 2 fully saturated rings. The van der Waals surface area contributed by atoms with Crippen LogP contribution < -0.4 is 10.6 Å². The van der Waals surface area contributed by atoms with E-state index in [2.05, 4.69) is 31.4 Å². The van der Waals surface area contributed by atoms with Crippen LogP contribution in [0, 0.1) is 17.3 Å². The molecule has 2 aliphatic rings. The van der Waals surface area contributed by atoms with Crippen molar-refractivity contribution in [2.45, 2.75) is 46.1 Å². The van der Waals surface area contributed by atoms with Gasteiger partial charge in [0.25, 0.3) is 0 Å². The van der Waals surface area contributed by atoms with Crippen molar-refractivity contribution in [3.05, 3.63) is 0 Å². The fourth-order valence-corrected chi connectivity index (χ4v) is 3.13. The van der Waals surface area contributed by atoms with Gasteiger partial charge < -0.3 is 15.4 Å². The zero-order valence-corrected chi connectivity index (χ0v) is 12.7. The van der Waals surface area contributed by atoms with Gasteiger partial charge in [0.15, 0.2) is 0 Å². The van der Waals surface area contributed by atoms with Gasteiger partial charge in [0, 0.05) is 32.0 Å². The van der Waals surface area contributed by atoms with Gasteiger partial charge in [-0.1, -0.05) is 20.8 Å². The van der Waals surface area contributed by atoms with Gasteiger partial charge in [0.05, 0.1) is 12.0 Å². The summed E-state index contributed by atoms with van der Waals surface area (Å²) in [4.78, 5) is 23.2. The van der Waals surface area contributed by atoms with E-state index in [1.165, 1.54) is 0 Å². The van der Waals surface area contributed by atoms with Crippen molar-refractivity contribution in [3.8, 4) is 0 Å². The highest BCUT2D eigenvalue weighted by atomic mass is 16.5. The molecular formula is C15H26N2O3. The fourth-order valence-electron chi connectivity index (χ4n) is 3.13. The summed E-state index contributed by atoms with van der Waals surface area (Å²) in [5.41, 5.74) is 0.102. The molecule has 0 aromatic carbocycles. The molecule has 20 heavy (non-hydrogen) atoms. The van der Waals surface area contributed by atoms with Crippen LogP contribution in [0.1, 0.15) is 40.0 Å². The summed E-state index contributed by atoms with van der Waals surface area (Å²) < 4.78 is 5.81. The summed E-state index contributed by atoms with van der Waals surface area (Å²) >= 11 is 0. The van der Waals surface area contributed by atoms with Crippen LogP contribution in [0.3, 0.4) is 0 Å². The molecule has 0 aromatic heterocycles. The monoisotopic (exact) mass is 282 g/mol. The Morgan fingerprint density at radius 3 is 2.75 bits per heavy atom. The quantitative estimate of drug-likeness (QED) is 0.814. The predicted octanol–water partition coefficient (Wildman–Crippen LogP) is 1.08. The van der Waals surface area contributed by atoms with Crippen LogP contribution in [0.2, 0.25) is 0 Å². The van der Waals surface area contributed by atoms with Crippen LogP contribution in [0.15, 0.2) is 0 Å². The minimum atomic E-state index is -0.0805. The molecule has 3 atom stereocenters. The van der Waals surface area contributed by atoms with Gasteiger partial charge in [-0.3, -0.25) is 9.59 Å². The molecular weight excluding hydrogens is 256 g/mol. The van der Waals surface area contributed by atoms with Crippen molar-refractivity contribution in [2.75, 3.05) is 19.7 Å². The zero-order chi connectivity index (χ0) is 14.8. The molecule has 0 aliphatic carbocycles. The van der Waals surface area contributed by atoms with Crippen LogP contribution in [0.5, 0.6) is 0 Å². The Morgan fingerprint density at radius 2 is 2.15 bits per heavy atom. The number of amides is 2. The normalized spacial score (nSPS) is 30.9. The second-order valence-electron chi connectivity index (χ2n) is 6.99. The summed E-state index contributed by atoms with van der Waals surface area (Å²) in [5.74, 6) is 0.413. The largest absolute Gasteiger partial charge is 0.377 e. The van der Waals surface area contributed by atoms with Crippen molar-refractivity contribution >= 4 is 11.8 Å². The lowest BCUT2D eigenvalue weighted by Crippen LogP contribution is -2.45. The molecule has 114 valence electrons. The van der Waals surface area contributed by atoms with E-state index in [1.54, 1.807) is 0 Å². The third-order valence-electron chi connectivity index (χ3n) is 4.24. The van der Waals surface area contributed by atoms with Crippen LogP contribution in [0.25, 0.3) is 0 Å². The maximum Gasteiger partial charge on any atom is 0.224 e. The average molecular weight is 282 g/mol. The minimum absolute atomic E-state index is 0.0473. The molecule has 2 saturated heterocycles. The molecule has 2 amide bonds. The average Bonchev–Trinajstić information content (AvgIpc) is 2.85. The maximum atomic E-state index is 12.1. The van der Waals surface area contributed by atoms with Crippen molar-refractivity contribution in [2.24, 2.45) is 17.3 Å². The van der Waals surface area contributed by atoms with Crippen LogP contribution in [-0.4, -0.2) is 37.6 Å². The van der Waals surface area contributed by atoms with E-state index < -0.39 is 0 Å². The molecule has 0 spiro atoms. The summed E-state index contributed by atoms with van der Waals surface area (Å²) in [6.45, 7) is 8.44. The number of hydrogen-bond acceptors (Lipinski definition) is 3. The van der Waals surface area contributed by atoms with Gasteiger partial charge in [-0.25, -0.2) is 0 Å². The Bertz CT molecular complexity index is 366. The van der Waals surface area contributed by atoms with E-state index in [4.69, 9.17) is 4.74 Å². The Kier molecular flexibility index (Phi) is 4.68. The molecule has 2 heterocycles. The van der Waals surface area contributed by atoms with Gasteiger partial charge in [-0.2, -0.15) is 0 Å². The Labute approximate surface area is 120 Å². The highest BCUT2D eigenvalue weighted by molar-refractivity contribution is 5.83. The first-order valence-corrected chi connectivity index (χ1v) is 7.54. The number of carbonyl (C=O) groups excluding carboxylic acids is 2. The van der Waals surface area contributed by atoms with Crippen molar-refractivity contribution in [3.63, 3.8) is 0 Å². The first-order valence-electron chi connectivity index (χ1n) is 7.54. The number of rotatable bonds is 3. The zero-order valence-electron chi connectivity index (χ0n) is 12.7. The van der Waals surface area contributed by atoms with Crippen molar-refractivity contribution < 1.29 is 14.3 Å². The maximum absolute atomic E-state index is 12.1. The van der Waals surface area contributed by atoms with E-state index in [-0.39, 0.29) is 29.3 Å². The first-order chi connectivity index (χ1) is 9.38. The number of hydrogen-bond donors (Lipinski definition) is 2. The van der Waals surface area contributed by atoms with Crippen LogP contribution >= 0.6 is 0 Å². The predicted molar refractivity (Wildman–Crippen MR) is 76.0 cm³/mol. The summed E-state index contributed by atoms with van der Waals surface area (Å²) in [7, 11) is 0. The third-order valence-corrected chi connectivity index (χ3v) is 4.24. The highest BCUT2D eigenvalue weighted by Crippen LogP contribution is 2.34. The highest BCUT2D eigenvalue weighted by Gasteiger charge is 2.37. The van der Waals surface area contributed by atoms with Gasteiger partial charge in [0.2, 0.25) is 11.8 Å². The molecule has 0 aromatic rings. The molecule has 2 rings (SSSR count). The number of ether oxygens (including phenoxy) is 1. The van der Waals surface area contributed by atoms with Crippen LogP contribution in [0.4, 0.5) is 0 Å². The molecule has 2 N–H and O–H groups in total. The summed E-state index contributed by atoms with van der Waals surface area (Å²) in [5, 5.41) is 5.79. The number of carbonyl (C=O) groups is 2. The Balaban J connectivity index is 1.79. The molecule has 0 saturated carbocycles. The van der Waals surface area contributed by atoms with E-state index in [1.807, 2.05) is 0 Å². The standard InChI is InChI=1S/C15H26N2O3/c1-15(2,3)13-10(6-7-20-13)8-17-14(19)11-4-5-12(18)16-9-11/h10-11,13H,4-9H2,1-3H3,(H,16,18)(H,17,19)/t10-,11+,13+/m1/s1. The lowest BCUT2D eigenvalue weighted by molar-refractivity contribution is -0.129. The fraction of sp³-hybridized carbons (Fsp3) is 0.867. The molecule has 0 radical (unpaired) electrons. The smallest absolute Gasteiger partial charge is 0.224 e. The van der Waals surface area contributed by atoms with Gasteiger partial charge >= 0.3 is 0 Å². The second kappa shape index (κ2) is 6.12. The van der Waals surface area contributed by atoms with Crippen molar-refractivity contribution in [1.29, 1.82) is 0 Å². The van der Waals surface area contributed by atoms with Crippen molar-refractivity contribution in [1.82, 2.24) is 10.6 Å². The first kappa shape index (κ1) is 15.3. The van der Waals surface area contributed by atoms with Gasteiger partial charge in [-0.05, 0) is 18.3 Å². The molecule has 5 nitrogen and oxygen atoms in total. The Hall–Kier alpha value is -1.10. The van der Waals surface area contributed by atoms with E-state index in [0.717, 1.165) is 13.0 Å². The SMILES string of the molecule is CC(C)(C)[C@H]1OCC[C@@H]1CNC(=O)[C@H]1CCC(=O)NC1. The van der Waals surface area contributed by atoms with Gasteiger partial charge in [0.1, 0.15) is 0 Å². The summed E-state index contributed by atoms with van der Waals surface area (Å²) in [6, 6.07) is 0. The van der Waals surface area contributed by atoms with Crippen LogP contribution in [-0.2, 0) is 14.3 Å². The van der Waals surface area contributed by atoms with E-state index in [0.29, 0.717) is 31.8 Å². The lowest BCUT2D eigenvalue weighted by Gasteiger charge is -2.31. The number of piperidine rings is 1. The minimum Gasteiger partial charge on any atom is -0.377 e. The van der Waals surface area contributed by atoms with Gasteiger partial charge in [-0.15, -0.1) is 0 Å². The summed E-state index contributed by atoms with van der Waals surface area (Å²) in [6.07, 6.45) is 2.31. The molecule has 0 bridgehead atoms. The number of nitrogens with one attached hydrogen (secondary N) is 2. The second-order valence-corrected chi connectivity index (χ2v) is 6.99. The third kappa shape index (κ3) is 3.72. The van der Waals surface area contributed by atoms with E-state index >= 15 is 0 Å². The Morgan fingerprint density at radius 1 is 1.40 bits per heavy atom. The molecule has 0 unspecified atom stereocenters. The lowest BCUT2D eigenvalue weighted by atomic mass is 9.81. The molecule has 2 aliphatic heterocycles. The van der Waals surface area contributed by atoms with E-state index in [9.17, 15) is 9.59 Å². The molecule has 5 heteroatoms.